The van der Waals surface area contributed by atoms with Gasteiger partial charge in [-0.3, -0.25) is 4.79 Å². The van der Waals surface area contributed by atoms with Crippen LogP contribution in [0.3, 0.4) is 0 Å². The molecule has 0 aliphatic heterocycles. The van der Waals surface area contributed by atoms with Crippen LogP contribution in [0.2, 0.25) is 0 Å². The lowest BCUT2D eigenvalue weighted by Crippen LogP contribution is -2.41. The Bertz CT molecular complexity index is 747. The van der Waals surface area contributed by atoms with Crippen molar-refractivity contribution in [2.24, 2.45) is 4.99 Å². The molecule has 5 nitrogen and oxygen atoms in total. The number of carbonyl (C=O) groups excluding carboxylic acids is 1. The van der Waals surface area contributed by atoms with E-state index in [4.69, 9.17) is 0 Å². The van der Waals surface area contributed by atoms with Crippen molar-refractivity contribution in [2.75, 3.05) is 24.7 Å². The molecule has 2 aromatic carbocycles. The van der Waals surface area contributed by atoms with Crippen LogP contribution in [-0.2, 0) is 11.3 Å². The third-order valence-corrected chi connectivity index (χ3v) is 4.49. The summed E-state index contributed by atoms with van der Waals surface area (Å²) in [6, 6.07) is 15.8. The molecule has 0 aliphatic rings. The maximum atomic E-state index is 12.1. The summed E-state index contributed by atoms with van der Waals surface area (Å²) in [6.45, 7) is 5.54. The Labute approximate surface area is 159 Å². The van der Waals surface area contributed by atoms with Gasteiger partial charge in [0.15, 0.2) is 5.96 Å². The summed E-state index contributed by atoms with van der Waals surface area (Å²) in [5.74, 6) is 0.519. The molecule has 0 saturated carbocycles. The second-order valence-electron chi connectivity index (χ2n) is 5.78. The van der Waals surface area contributed by atoms with Crippen LogP contribution >= 0.6 is 11.8 Å². The van der Waals surface area contributed by atoms with Gasteiger partial charge in [0.1, 0.15) is 0 Å². The monoisotopic (exact) mass is 370 g/mol. The number of nitrogens with one attached hydrogen (secondary N) is 3. The lowest BCUT2D eigenvalue weighted by molar-refractivity contribution is -0.115. The van der Waals surface area contributed by atoms with E-state index in [0.29, 0.717) is 12.5 Å². The molecule has 138 valence electrons. The number of hydrogen-bond donors (Lipinski definition) is 3. The highest BCUT2D eigenvalue weighted by molar-refractivity contribution is 7.98. The van der Waals surface area contributed by atoms with E-state index < -0.39 is 0 Å². The van der Waals surface area contributed by atoms with Gasteiger partial charge in [0.25, 0.3) is 0 Å². The van der Waals surface area contributed by atoms with Gasteiger partial charge < -0.3 is 16.0 Å². The Morgan fingerprint density at radius 2 is 1.88 bits per heavy atom. The molecule has 0 aliphatic carbocycles. The van der Waals surface area contributed by atoms with Crippen LogP contribution in [0.1, 0.15) is 18.1 Å². The predicted molar refractivity (Wildman–Crippen MR) is 111 cm³/mol. The van der Waals surface area contributed by atoms with Crippen LogP contribution in [0.15, 0.2) is 58.4 Å². The number of thioether (sulfide) groups is 1. The van der Waals surface area contributed by atoms with Gasteiger partial charge in [-0.15, -0.1) is 11.8 Å². The third-order valence-electron chi connectivity index (χ3n) is 3.67. The number of amides is 1. The molecule has 0 atom stereocenters. The molecule has 3 N–H and O–H groups in total. The largest absolute Gasteiger partial charge is 0.357 e. The molecule has 0 radical (unpaired) electrons. The zero-order valence-electron chi connectivity index (χ0n) is 15.5. The zero-order valence-corrected chi connectivity index (χ0v) is 16.3. The maximum Gasteiger partial charge on any atom is 0.243 e. The Morgan fingerprint density at radius 1 is 1.12 bits per heavy atom. The fourth-order valence-electron chi connectivity index (χ4n) is 2.38. The number of anilines is 1. The van der Waals surface area contributed by atoms with Crippen molar-refractivity contribution in [2.45, 2.75) is 25.3 Å². The highest BCUT2D eigenvalue weighted by Crippen LogP contribution is 2.22. The van der Waals surface area contributed by atoms with E-state index in [9.17, 15) is 4.79 Å². The van der Waals surface area contributed by atoms with Gasteiger partial charge >= 0.3 is 0 Å². The third kappa shape index (κ3) is 6.44. The van der Waals surface area contributed by atoms with Crippen molar-refractivity contribution in [1.82, 2.24) is 10.6 Å². The second kappa shape index (κ2) is 10.5. The van der Waals surface area contributed by atoms with E-state index in [1.54, 1.807) is 11.8 Å². The zero-order chi connectivity index (χ0) is 18.8. The van der Waals surface area contributed by atoms with Crippen molar-refractivity contribution in [3.63, 3.8) is 0 Å². The number of para-hydroxylation sites is 1. The van der Waals surface area contributed by atoms with Crippen LogP contribution in [-0.4, -0.2) is 31.2 Å². The van der Waals surface area contributed by atoms with E-state index in [2.05, 4.69) is 52.3 Å². The molecule has 0 unspecified atom stereocenters. The summed E-state index contributed by atoms with van der Waals surface area (Å²) in [5.41, 5.74) is 3.20. The molecule has 0 fully saturated rings. The lowest BCUT2D eigenvalue weighted by Gasteiger charge is -2.12. The quantitative estimate of drug-likeness (QED) is 0.397. The van der Waals surface area contributed by atoms with Gasteiger partial charge in [-0.1, -0.05) is 30.3 Å². The van der Waals surface area contributed by atoms with Crippen molar-refractivity contribution in [3.8, 4) is 0 Å². The van der Waals surface area contributed by atoms with Crippen molar-refractivity contribution < 1.29 is 4.79 Å². The van der Waals surface area contributed by atoms with E-state index >= 15 is 0 Å². The molecular formula is C20H26N4OS. The second-order valence-corrected chi connectivity index (χ2v) is 6.63. The van der Waals surface area contributed by atoms with Crippen molar-refractivity contribution in [3.05, 3.63) is 59.7 Å². The first-order valence-corrected chi connectivity index (χ1v) is 9.85. The van der Waals surface area contributed by atoms with E-state index in [1.807, 2.05) is 37.3 Å². The molecule has 6 heteroatoms. The first-order chi connectivity index (χ1) is 12.6. The number of hydrogen-bond acceptors (Lipinski definition) is 3. The minimum atomic E-state index is -0.109. The molecule has 0 aromatic heterocycles. The smallest absolute Gasteiger partial charge is 0.243 e. The normalized spacial score (nSPS) is 11.1. The Morgan fingerprint density at radius 3 is 2.58 bits per heavy atom. The van der Waals surface area contributed by atoms with Crippen LogP contribution in [0.4, 0.5) is 5.69 Å². The number of aliphatic imine (C=N–C) groups is 1. The van der Waals surface area contributed by atoms with Crippen molar-refractivity contribution in [1.29, 1.82) is 0 Å². The molecule has 1 amide bonds. The topological polar surface area (TPSA) is 65.5 Å². The summed E-state index contributed by atoms with van der Waals surface area (Å²) in [4.78, 5) is 17.9. The van der Waals surface area contributed by atoms with Gasteiger partial charge in [0.2, 0.25) is 5.91 Å². The van der Waals surface area contributed by atoms with Gasteiger partial charge in [-0.25, -0.2) is 4.99 Å². The van der Waals surface area contributed by atoms with Gasteiger partial charge in [-0.2, -0.15) is 0 Å². The van der Waals surface area contributed by atoms with Crippen LogP contribution in [0.5, 0.6) is 0 Å². The SMILES string of the molecule is CCNC(=NCc1ccc(C)cc1SC)NCC(=O)Nc1ccccc1. The number of carbonyl (C=O) groups is 1. The Balaban J connectivity index is 1.95. The van der Waals surface area contributed by atoms with Gasteiger partial charge in [0, 0.05) is 17.1 Å². The molecule has 2 aromatic rings. The average molecular weight is 371 g/mol. The average Bonchev–Trinajstić information content (AvgIpc) is 2.65. The van der Waals surface area contributed by atoms with Crippen LogP contribution < -0.4 is 16.0 Å². The van der Waals surface area contributed by atoms with Crippen LogP contribution in [0, 0.1) is 6.92 Å². The minimum absolute atomic E-state index is 0.109. The molecule has 2 rings (SSSR count). The number of guanidine groups is 1. The van der Waals surface area contributed by atoms with Gasteiger partial charge in [-0.05, 0) is 49.4 Å². The summed E-state index contributed by atoms with van der Waals surface area (Å²) >= 11 is 1.72. The van der Waals surface area contributed by atoms with E-state index in [-0.39, 0.29) is 12.5 Å². The van der Waals surface area contributed by atoms with Crippen molar-refractivity contribution >= 4 is 29.3 Å². The number of benzene rings is 2. The minimum Gasteiger partial charge on any atom is -0.357 e. The van der Waals surface area contributed by atoms with E-state index in [0.717, 1.165) is 12.2 Å². The highest BCUT2D eigenvalue weighted by atomic mass is 32.2. The molecule has 0 heterocycles. The number of aryl methyl sites for hydroxylation is 1. The van der Waals surface area contributed by atoms with Gasteiger partial charge in [0.05, 0.1) is 13.1 Å². The fourth-order valence-corrected chi connectivity index (χ4v) is 3.08. The predicted octanol–water partition coefficient (Wildman–Crippen LogP) is 3.41. The fraction of sp³-hybridized carbons (Fsp3) is 0.300. The summed E-state index contributed by atoms with van der Waals surface area (Å²) in [6.07, 6.45) is 2.07. The Hall–Kier alpha value is -2.47. The first kappa shape index (κ1) is 19.8. The molecule has 26 heavy (non-hydrogen) atoms. The molecule has 0 spiro atoms. The molecular weight excluding hydrogens is 344 g/mol. The number of nitrogens with zero attached hydrogens (tertiary/aromatic N) is 1. The maximum absolute atomic E-state index is 12.1. The first-order valence-electron chi connectivity index (χ1n) is 8.63. The summed E-state index contributed by atoms with van der Waals surface area (Å²) in [5, 5.41) is 9.10. The standard InChI is InChI=1S/C20H26N4OS/c1-4-21-20(22-13-16-11-10-15(2)12-18(16)26-3)23-14-19(25)24-17-8-6-5-7-9-17/h5-12H,4,13-14H2,1-3H3,(H,24,25)(H2,21,22,23). The summed E-state index contributed by atoms with van der Waals surface area (Å²) in [7, 11) is 0. The molecule has 0 bridgehead atoms. The van der Waals surface area contributed by atoms with E-state index in [1.165, 1.54) is 16.0 Å². The molecule has 0 saturated heterocycles. The number of rotatable bonds is 7. The Kier molecular flexibility index (Phi) is 8.02. The lowest BCUT2D eigenvalue weighted by atomic mass is 10.1. The van der Waals surface area contributed by atoms with Crippen LogP contribution in [0.25, 0.3) is 0 Å². The summed E-state index contributed by atoms with van der Waals surface area (Å²) < 4.78 is 0. The highest BCUT2D eigenvalue weighted by Gasteiger charge is 2.05.